The molecule has 6 fully saturated rings. The predicted molar refractivity (Wildman–Crippen MR) is 182 cm³/mol. The molecule has 3 saturated heterocycles. The fourth-order valence-corrected chi connectivity index (χ4v) is 14.3. The summed E-state index contributed by atoms with van der Waals surface area (Å²) < 4.78 is 8.32. The molecule has 12 rings (SSSR count). The topological polar surface area (TPSA) is 70.0 Å². The summed E-state index contributed by atoms with van der Waals surface area (Å²) in [4.78, 5) is 19.3. The molecule has 9 aliphatic rings. The second-order valence-corrected chi connectivity index (χ2v) is 17.0. The van der Waals surface area contributed by atoms with E-state index >= 15 is 0 Å². The molecule has 2 aromatic carbocycles. The molecule has 3 spiro atoms. The van der Waals surface area contributed by atoms with E-state index in [1.807, 2.05) is 0 Å². The number of benzene rings is 2. The van der Waals surface area contributed by atoms with E-state index in [4.69, 9.17) is 4.74 Å². The zero-order valence-electron chi connectivity index (χ0n) is 27.9. The number of para-hydroxylation sites is 1. The number of aromatic nitrogens is 1. The summed E-state index contributed by atoms with van der Waals surface area (Å²) in [6, 6.07) is 17.4. The number of anilines is 1. The van der Waals surface area contributed by atoms with E-state index in [1.165, 1.54) is 64.8 Å². The van der Waals surface area contributed by atoms with Crippen LogP contribution >= 0.6 is 0 Å². The van der Waals surface area contributed by atoms with E-state index in [-0.39, 0.29) is 51.9 Å². The molecule has 6 aliphatic heterocycles. The molecule has 0 radical (unpaired) electrons. The standard InChI is InChI=1S/C40H48N4O3/c1-24(45)38-13-6-17-42-19-11-27-26-7-3-4-8-31(26)44(33(27)34(38)42)32(23-38)25-9-10-30-28(21-25)39-16-20-43-18-5-12-37(36(39)43)14-15-40(39,41-30)29(22-37)35(46)47-2/h3-4,7-10,21,24,29,32,34,36,41,45H,5-6,11-20,22-23H2,1-2H3/t24?,29-,32+,34+,36-,37-,38-,39+,40+/m0/s1. The van der Waals surface area contributed by atoms with Gasteiger partial charge in [-0.3, -0.25) is 14.6 Å². The van der Waals surface area contributed by atoms with Gasteiger partial charge in [-0.25, -0.2) is 0 Å². The first kappa shape index (κ1) is 28.0. The lowest BCUT2D eigenvalue weighted by Gasteiger charge is -2.69. The number of aliphatic hydroxyl groups excluding tert-OH is 1. The van der Waals surface area contributed by atoms with Crippen molar-refractivity contribution in [2.45, 2.75) is 106 Å². The second kappa shape index (κ2) is 9.02. The predicted octanol–water partition coefficient (Wildman–Crippen LogP) is 5.94. The Kier molecular flexibility index (Phi) is 5.38. The summed E-state index contributed by atoms with van der Waals surface area (Å²) in [5.41, 5.74) is 8.06. The Bertz CT molecular complexity index is 1870. The van der Waals surface area contributed by atoms with Crippen molar-refractivity contribution in [2.24, 2.45) is 16.7 Å². The molecule has 3 saturated carbocycles. The van der Waals surface area contributed by atoms with Crippen LogP contribution in [0.4, 0.5) is 5.69 Å². The maximum absolute atomic E-state index is 13.7. The molecule has 3 aromatic rings. The van der Waals surface area contributed by atoms with Gasteiger partial charge in [0.2, 0.25) is 0 Å². The summed E-state index contributed by atoms with van der Waals surface area (Å²) in [6.45, 7) is 6.59. The fraction of sp³-hybridized carbons (Fsp3) is 0.625. The van der Waals surface area contributed by atoms with E-state index < -0.39 is 0 Å². The van der Waals surface area contributed by atoms with Gasteiger partial charge in [-0.15, -0.1) is 0 Å². The minimum absolute atomic E-state index is 0.0176. The number of piperidine rings is 2. The van der Waals surface area contributed by atoms with Crippen molar-refractivity contribution in [3.05, 3.63) is 64.8 Å². The molecule has 7 heteroatoms. The highest BCUT2D eigenvalue weighted by molar-refractivity contribution is 5.87. The van der Waals surface area contributed by atoms with Gasteiger partial charge in [0.15, 0.2) is 0 Å². The van der Waals surface area contributed by atoms with Crippen LogP contribution in [0.1, 0.15) is 99.2 Å². The van der Waals surface area contributed by atoms with Crippen molar-refractivity contribution in [3.63, 3.8) is 0 Å². The van der Waals surface area contributed by atoms with Gasteiger partial charge in [0, 0.05) is 45.7 Å². The Labute approximate surface area is 277 Å². The third-order valence-corrected chi connectivity index (χ3v) is 15.8. The SMILES string of the molecule is COC(=O)[C@@H]1C[C@]23CCCN4CC[C@@]5(c6cc([C@H]7C[C@]8(C(C)O)CCCN9CCc%10c(n7c7ccccc%107)[C@@H]98)ccc6N[C@]15CC2)[C@@H]43. The molecule has 1 aromatic heterocycles. The highest BCUT2D eigenvalue weighted by Gasteiger charge is 2.79. The van der Waals surface area contributed by atoms with Crippen LogP contribution in [0.5, 0.6) is 0 Å². The number of rotatable bonds is 3. The molecule has 7 heterocycles. The number of aliphatic hydroxyl groups is 1. The normalized spacial score (nSPS) is 41.5. The Morgan fingerprint density at radius 3 is 2.70 bits per heavy atom. The van der Waals surface area contributed by atoms with Gasteiger partial charge in [0.05, 0.1) is 36.8 Å². The molecule has 9 atom stereocenters. The molecule has 246 valence electrons. The molecule has 0 amide bonds. The van der Waals surface area contributed by atoms with Crippen LogP contribution in [0.25, 0.3) is 10.9 Å². The average Bonchev–Trinajstić information content (AvgIpc) is 3.76. The van der Waals surface area contributed by atoms with Crippen LogP contribution < -0.4 is 5.32 Å². The Balaban J connectivity index is 1.14. The number of hydrogen-bond donors (Lipinski definition) is 2. The third kappa shape index (κ3) is 3.03. The molecule has 47 heavy (non-hydrogen) atoms. The number of nitrogens with zero attached hydrogens (tertiary/aromatic N) is 3. The number of nitrogens with one attached hydrogen (secondary N) is 1. The van der Waals surface area contributed by atoms with Crippen LogP contribution in [-0.2, 0) is 21.4 Å². The number of carbonyl (C=O) groups is 1. The number of esters is 1. The number of ether oxygens (including phenoxy) is 1. The lowest BCUT2D eigenvalue weighted by atomic mass is 9.39. The number of carbonyl (C=O) groups excluding carboxylic acids is 1. The van der Waals surface area contributed by atoms with Gasteiger partial charge in [-0.2, -0.15) is 0 Å². The Hall–Kier alpha value is -2.87. The monoisotopic (exact) mass is 632 g/mol. The fourth-order valence-electron chi connectivity index (χ4n) is 14.3. The van der Waals surface area contributed by atoms with Gasteiger partial charge in [-0.05, 0) is 125 Å². The first-order valence-electron chi connectivity index (χ1n) is 18.7. The van der Waals surface area contributed by atoms with E-state index in [0.717, 1.165) is 64.6 Å². The minimum atomic E-state index is -0.381. The van der Waals surface area contributed by atoms with Crippen molar-refractivity contribution in [3.8, 4) is 0 Å². The summed E-state index contributed by atoms with van der Waals surface area (Å²) in [6.07, 6.45) is 10.7. The number of methoxy groups -OCH3 is 1. The molecular formula is C40H48N4O3. The lowest BCUT2D eigenvalue weighted by Crippen LogP contribution is -2.76. The lowest BCUT2D eigenvalue weighted by molar-refractivity contribution is -0.171. The third-order valence-electron chi connectivity index (χ3n) is 15.8. The average molecular weight is 633 g/mol. The van der Waals surface area contributed by atoms with Crippen molar-refractivity contribution >= 4 is 22.6 Å². The first-order chi connectivity index (χ1) is 22.9. The quantitative estimate of drug-likeness (QED) is 0.349. The summed E-state index contributed by atoms with van der Waals surface area (Å²) in [5.74, 6) is -0.134. The van der Waals surface area contributed by atoms with E-state index in [2.05, 4.69) is 69.1 Å². The van der Waals surface area contributed by atoms with Crippen LogP contribution in [0.3, 0.4) is 0 Å². The minimum Gasteiger partial charge on any atom is -0.469 e. The second-order valence-electron chi connectivity index (χ2n) is 17.0. The van der Waals surface area contributed by atoms with Crippen molar-refractivity contribution in [1.82, 2.24) is 14.4 Å². The zero-order valence-corrected chi connectivity index (χ0v) is 27.9. The molecule has 3 aliphatic carbocycles. The van der Waals surface area contributed by atoms with Gasteiger partial charge in [-0.1, -0.05) is 30.3 Å². The summed E-state index contributed by atoms with van der Waals surface area (Å²) in [5, 5.41) is 17.3. The molecular weight excluding hydrogens is 584 g/mol. The molecule has 2 N–H and O–H groups in total. The van der Waals surface area contributed by atoms with Crippen LogP contribution in [0.2, 0.25) is 0 Å². The van der Waals surface area contributed by atoms with Crippen LogP contribution in [0, 0.1) is 16.7 Å². The van der Waals surface area contributed by atoms with E-state index in [9.17, 15) is 9.90 Å². The molecule has 2 bridgehead atoms. The smallest absolute Gasteiger partial charge is 0.311 e. The van der Waals surface area contributed by atoms with E-state index in [0.29, 0.717) is 6.04 Å². The largest absolute Gasteiger partial charge is 0.469 e. The van der Waals surface area contributed by atoms with E-state index in [1.54, 1.807) is 7.11 Å². The van der Waals surface area contributed by atoms with Crippen molar-refractivity contribution in [2.75, 3.05) is 38.6 Å². The highest BCUT2D eigenvalue weighted by atomic mass is 16.5. The van der Waals surface area contributed by atoms with Gasteiger partial charge in [0.25, 0.3) is 0 Å². The molecule has 1 unspecified atom stereocenters. The van der Waals surface area contributed by atoms with Gasteiger partial charge in [0.1, 0.15) is 0 Å². The van der Waals surface area contributed by atoms with Crippen molar-refractivity contribution < 1.29 is 14.6 Å². The maximum Gasteiger partial charge on any atom is 0.311 e. The van der Waals surface area contributed by atoms with Crippen molar-refractivity contribution in [1.29, 1.82) is 0 Å². The number of hydrogen-bond acceptors (Lipinski definition) is 6. The maximum atomic E-state index is 13.7. The van der Waals surface area contributed by atoms with Crippen LogP contribution in [0.15, 0.2) is 42.5 Å². The summed E-state index contributed by atoms with van der Waals surface area (Å²) in [7, 11) is 1.59. The summed E-state index contributed by atoms with van der Waals surface area (Å²) >= 11 is 0. The Morgan fingerprint density at radius 2 is 1.83 bits per heavy atom. The Morgan fingerprint density at radius 1 is 0.979 bits per heavy atom. The first-order valence-corrected chi connectivity index (χ1v) is 18.7. The molecule has 7 nitrogen and oxygen atoms in total. The van der Waals surface area contributed by atoms with Gasteiger partial charge >= 0.3 is 5.97 Å². The van der Waals surface area contributed by atoms with Gasteiger partial charge < -0.3 is 19.7 Å². The van der Waals surface area contributed by atoms with Crippen LogP contribution in [-0.4, -0.2) is 76.4 Å². The zero-order chi connectivity index (χ0) is 31.5. The highest BCUT2D eigenvalue weighted by Crippen LogP contribution is 2.74. The number of fused-ring (bicyclic) bond motifs is 6.